The molecule has 1 aliphatic heterocycles. The molecule has 1 fully saturated rings. The molecule has 0 bridgehead atoms. The van der Waals surface area contributed by atoms with E-state index in [0.29, 0.717) is 19.1 Å². The Labute approximate surface area is 114 Å². The zero-order valence-corrected chi connectivity index (χ0v) is 12.1. The van der Waals surface area contributed by atoms with E-state index in [2.05, 4.69) is 13.8 Å². The summed E-state index contributed by atoms with van der Waals surface area (Å²) in [4.78, 5) is 24.9. The number of carbonyl (C=O) groups excluding carboxylic acids is 1. The zero-order chi connectivity index (χ0) is 14.4. The minimum Gasteiger partial charge on any atom is -0.481 e. The van der Waals surface area contributed by atoms with E-state index in [1.807, 2.05) is 0 Å². The van der Waals surface area contributed by atoms with Gasteiger partial charge in [-0.25, -0.2) is 0 Å². The van der Waals surface area contributed by atoms with Crippen molar-refractivity contribution in [2.45, 2.75) is 46.1 Å². The number of hydrogen-bond donors (Lipinski definition) is 1. The number of carboxylic acid groups (broad SMARTS) is 1. The Morgan fingerprint density at radius 2 is 2.05 bits per heavy atom. The van der Waals surface area contributed by atoms with Crippen molar-refractivity contribution < 1.29 is 19.4 Å². The lowest BCUT2D eigenvalue weighted by molar-refractivity contribution is -0.146. The highest BCUT2D eigenvalue weighted by Crippen LogP contribution is 2.16. The molecular formula is C14H25NO4. The van der Waals surface area contributed by atoms with Crippen LogP contribution in [0.15, 0.2) is 0 Å². The number of ether oxygens (including phenoxy) is 1. The predicted octanol–water partition coefficient (Wildman–Crippen LogP) is 1.76. The molecule has 1 aliphatic rings. The molecule has 1 rings (SSSR count). The first-order valence-corrected chi connectivity index (χ1v) is 7.05. The first-order valence-electron chi connectivity index (χ1n) is 7.05. The maximum absolute atomic E-state index is 12.3. The molecule has 1 heterocycles. The summed E-state index contributed by atoms with van der Waals surface area (Å²) >= 11 is 0. The van der Waals surface area contributed by atoms with Crippen molar-refractivity contribution in [1.29, 1.82) is 0 Å². The second kappa shape index (κ2) is 7.48. The summed E-state index contributed by atoms with van der Waals surface area (Å²) in [5.41, 5.74) is 0. The van der Waals surface area contributed by atoms with Gasteiger partial charge < -0.3 is 14.7 Å². The van der Waals surface area contributed by atoms with Crippen LogP contribution in [0, 0.1) is 11.8 Å². The summed E-state index contributed by atoms with van der Waals surface area (Å²) in [6.07, 6.45) is 2.17. The number of rotatable bonds is 7. The van der Waals surface area contributed by atoms with Crippen LogP contribution in [0.5, 0.6) is 0 Å². The molecule has 0 radical (unpaired) electrons. The Bertz CT molecular complexity index is 311. The van der Waals surface area contributed by atoms with Crippen LogP contribution in [-0.4, -0.2) is 47.7 Å². The number of hydrogen-bond acceptors (Lipinski definition) is 3. The van der Waals surface area contributed by atoms with E-state index in [-0.39, 0.29) is 18.6 Å². The molecule has 1 saturated heterocycles. The number of amides is 1. The van der Waals surface area contributed by atoms with Crippen LogP contribution in [0.25, 0.3) is 0 Å². The van der Waals surface area contributed by atoms with Gasteiger partial charge in [-0.05, 0) is 25.2 Å². The molecule has 1 amide bonds. The highest BCUT2D eigenvalue weighted by molar-refractivity contribution is 5.82. The van der Waals surface area contributed by atoms with E-state index in [0.717, 1.165) is 19.3 Å². The van der Waals surface area contributed by atoms with Crippen molar-refractivity contribution in [3.63, 3.8) is 0 Å². The summed E-state index contributed by atoms with van der Waals surface area (Å²) in [5, 5.41) is 8.99. The Balaban J connectivity index is 2.61. The van der Waals surface area contributed by atoms with Gasteiger partial charge in [-0.1, -0.05) is 20.8 Å². The van der Waals surface area contributed by atoms with Gasteiger partial charge in [0.2, 0.25) is 0 Å². The Morgan fingerprint density at radius 3 is 2.53 bits per heavy atom. The van der Waals surface area contributed by atoms with E-state index in [1.165, 1.54) is 0 Å². The number of aliphatic carboxylic acids is 1. The molecule has 5 nitrogen and oxygen atoms in total. The van der Waals surface area contributed by atoms with E-state index >= 15 is 0 Å². The fraction of sp³-hybridized carbons (Fsp3) is 0.857. The van der Waals surface area contributed by atoms with Gasteiger partial charge >= 0.3 is 5.97 Å². The summed E-state index contributed by atoms with van der Waals surface area (Å²) in [6.45, 7) is 7.32. The quantitative estimate of drug-likeness (QED) is 0.766. The van der Waals surface area contributed by atoms with Gasteiger partial charge in [0.1, 0.15) is 6.10 Å². The van der Waals surface area contributed by atoms with Gasteiger partial charge in [0, 0.05) is 19.7 Å². The van der Waals surface area contributed by atoms with Crippen molar-refractivity contribution in [3.8, 4) is 0 Å². The molecule has 0 aromatic carbocycles. The maximum Gasteiger partial charge on any atom is 0.308 e. The summed E-state index contributed by atoms with van der Waals surface area (Å²) in [7, 11) is 0. The Morgan fingerprint density at radius 1 is 1.37 bits per heavy atom. The normalized spacial score (nSPS) is 20.5. The van der Waals surface area contributed by atoms with E-state index in [9.17, 15) is 9.59 Å². The van der Waals surface area contributed by atoms with Gasteiger partial charge in [0.05, 0.1) is 5.92 Å². The second-order valence-electron chi connectivity index (χ2n) is 5.71. The molecule has 19 heavy (non-hydrogen) atoms. The molecular weight excluding hydrogens is 246 g/mol. The fourth-order valence-corrected chi connectivity index (χ4v) is 2.09. The monoisotopic (exact) mass is 271 g/mol. The smallest absolute Gasteiger partial charge is 0.308 e. The molecule has 1 N–H and O–H groups in total. The van der Waals surface area contributed by atoms with Crippen LogP contribution in [0.3, 0.4) is 0 Å². The van der Waals surface area contributed by atoms with E-state index in [1.54, 1.807) is 11.8 Å². The molecule has 0 aliphatic carbocycles. The SMILES string of the molecule is CC(C)CCN(CC(C)C(=O)O)C(=O)C1CCCO1. The summed E-state index contributed by atoms with van der Waals surface area (Å²) in [5.74, 6) is -0.974. The largest absolute Gasteiger partial charge is 0.481 e. The number of carbonyl (C=O) groups is 2. The fourth-order valence-electron chi connectivity index (χ4n) is 2.09. The topological polar surface area (TPSA) is 66.8 Å². The van der Waals surface area contributed by atoms with Crippen molar-refractivity contribution in [2.75, 3.05) is 19.7 Å². The van der Waals surface area contributed by atoms with Crippen LogP contribution < -0.4 is 0 Å². The number of carboxylic acids is 1. The lowest BCUT2D eigenvalue weighted by Gasteiger charge is -2.27. The third kappa shape index (κ3) is 5.19. The highest BCUT2D eigenvalue weighted by atomic mass is 16.5. The Hall–Kier alpha value is -1.10. The minimum absolute atomic E-state index is 0.0498. The molecule has 0 aromatic heterocycles. The van der Waals surface area contributed by atoms with Crippen molar-refractivity contribution in [2.24, 2.45) is 11.8 Å². The second-order valence-corrected chi connectivity index (χ2v) is 5.71. The van der Waals surface area contributed by atoms with Gasteiger partial charge in [0.15, 0.2) is 0 Å². The molecule has 2 unspecified atom stereocenters. The zero-order valence-electron chi connectivity index (χ0n) is 12.1. The van der Waals surface area contributed by atoms with Crippen molar-refractivity contribution >= 4 is 11.9 Å². The van der Waals surface area contributed by atoms with Crippen LogP contribution in [0.2, 0.25) is 0 Å². The third-order valence-corrected chi connectivity index (χ3v) is 3.41. The molecule has 5 heteroatoms. The van der Waals surface area contributed by atoms with Crippen molar-refractivity contribution in [1.82, 2.24) is 4.90 Å². The van der Waals surface area contributed by atoms with Crippen LogP contribution in [0.1, 0.15) is 40.0 Å². The van der Waals surface area contributed by atoms with Gasteiger partial charge in [-0.3, -0.25) is 9.59 Å². The average molecular weight is 271 g/mol. The van der Waals surface area contributed by atoms with E-state index in [4.69, 9.17) is 9.84 Å². The third-order valence-electron chi connectivity index (χ3n) is 3.41. The molecule has 0 aromatic rings. The van der Waals surface area contributed by atoms with Gasteiger partial charge in [0.25, 0.3) is 5.91 Å². The Kier molecular flexibility index (Phi) is 6.28. The first-order chi connectivity index (χ1) is 8.91. The summed E-state index contributed by atoms with van der Waals surface area (Å²) < 4.78 is 5.41. The lowest BCUT2D eigenvalue weighted by Crippen LogP contribution is -2.43. The van der Waals surface area contributed by atoms with Gasteiger partial charge in [-0.2, -0.15) is 0 Å². The first kappa shape index (κ1) is 16.0. The van der Waals surface area contributed by atoms with Crippen LogP contribution in [0.4, 0.5) is 0 Å². The lowest BCUT2D eigenvalue weighted by atomic mass is 10.1. The average Bonchev–Trinajstić information content (AvgIpc) is 2.86. The highest BCUT2D eigenvalue weighted by Gasteiger charge is 2.29. The maximum atomic E-state index is 12.3. The minimum atomic E-state index is -0.866. The summed E-state index contributed by atoms with van der Waals surface area (Å²) in [6, 6.07) is 0. The van der Waals surface area contributed by atoms with Gasteiger partial charge in [-0.15, -0.1) is 0 Å². The van der Waals surface area contributed by atoms with Crippen LogP contribution in [-0.2, 0) is 14.3 Å². The molecule has 0 saturated carbocycles. The van der Waals surface area contributed by atoms with Crippen LogP contribution >= 0.6 is 0 Å². The predicted molar refractivity (Wildman–Crippen MR) is 71.8 cm³/mol. The van der Waals surface area contributed by atoms with E-state index < -0.39 is 11.9 Å². The molecule has 110 valence electrons. The standard InChI is InChI=1S/C14H25NO4/c1-10(2)6-7-15(9-11(3)14(17)18)13(16)12-5-4-8-19-12/h10-12H,4-9H2,1-3H3,(H,17,18). The molecule has 0 spiro atoms. The number of nitrogens with zero attached hydrogens (tertiary/aromatic N) is 1. The molecule has 2 atom stereocenters. The van der Waals surface area contributed by atoms with Crippen molar-refractivity contribution in [3.05, 3.63) is 0 Å².